The number of carbonyl (C=O) groups excluding carboxylic acids is 1. The third-order valence-corrected chi connectivity index (χ3v) is 5.09. The summed E-state index contributed by atoms with van der Waals surface area (Å²) in [6.45, 7) is 3.30. The van der Waals surface area contributed by atoms with Gasteiger partial charge in [-0.25, -0.2) is 4.79 Å². The highest BCUT2D eigenvalue weighted by Gasteiger charge is 2.26. The van der Waals surface area contributed by atoms with E-state index in [4.69, 9.17) is 4.74 Å². The second kappa shape index (κ2) is 8.93. The summed E-state index contributed by atoms with van der Waals surface area (Å²) >= 11 is 0. The highest BCUT2D eigenvalue weighted by molar-refractivity contribution is 5.85. The van der Waals surface area contributed by atoms with E-state index >= 15 is 0 Å². The van der Waals surface area contributed by atoms with Crippen molar-refractivity contribution in [1.29, 1.82) is 0 Å². The number of aromatic nitrogens is 2. The van der Waals surface area contributed by atoms with Crippen LogP contribution in [0.5, 0.6) is 5.75 Å². The Kier molecular flexibility index (Phi) is 6.37. The summed E-state index contributed by atoms with van der Waals surface area (Å²) in [5, 5.41) is 0. The average molecular weight is 398 g/mol. The van der Waals surface area contributed by atoms with Crippen LogP contribution in [0.15, 0.2) is 60.9 Å². The zero-order chi connectivity index (χ0) is 18.6. The minimum Gasteiger partial charge on any atom is -0.409 e. The van der Waals surface area contributed by atoms with E-state index in [0.29, 0.717) is 24.8 Å². The lowest BCUT2D eigenvalue weighted by Crippen LogP contribution is -2.39. The molecule has 0 spiro atoms. The van der Waals surface area contributed by atoms with Crippen molar-refractivity contribution in [3.05, 3.63) is 72.3 Å². The molecule has 28 heavy (non-hydrogen) atoms. The number of benzene rings is 1. The van der Waals surface area contributed by atoms with Crippen molar-refractivity contribution in [3.8, 4) is 16.9 Å². The summed E-state index contributed by atoms with van der Waals surface area (Å²) in [5.74, 6) is 0.928. The number of nitrogens with one attached hydrogen (secondary N) is 1. The average Bonchev–Trinajstić information content (AvgIpc) is 3.21. The number of aryl methyl sites for hydroxylation is 1. The van der Waals surface area contributed by atoms with E-state index in [1.807, 2.05) is 19.1 Å². The Bertz CT molecular complexity index is 901. The lowest BCUT2D eigenvalue weighted by Gasteiger charge is -2.30. The first kappa shape index (κ1) is 20.0. The number of piperidine rings is 1. The Morgan fingerprint density at radius 2 is 1.86 bits per heavy atom. The van der Waals surface area contributed by atoms with E-state index in [1.54, 1.807) is 17.2 Å². The number of hydrogen-bond acceptors (Lipinski definition) is 3. The number of ether oxygens (including phenoxy) is 1. The van der Waals surface area contributed by atoms with Gasteiger partial charge in [0.25, 0.3) is 0 Å². The molecule has 0 atom stereocenters. The quantitative estimate of drug-likeness (QED) is 0.662. The molecule has 1 saturated heterocycles. The van der Waals surface area contributed by atoms with E-state index < -0.39 is 0 Å². The van der Waals surface area contributed by atoms with Crippen LogP contribution < -0.4 is 4.74 Å². The smallest absolute Gasteiger partial charge is 0.409 e. The Hall–Kier alpha value is -2.79. The van der Waals surface area contributed by atoms with Crippen molar-refractivity contribution >= 4 is 18.5 Å². The fourth-order valence-electron chi connectivity index (χ4n) is 3.50. The molecule has 2 aromatic heterocycles. The molecule has 0 saturated carbocycles. The maximum atomic E-state index is 12.4. The number of rotatable bonds is 3. The topological polar surface area (TPSA) is 58.2 Å². The number of aromatic amines is 1. The molecule has 1 aromatic carbocycles. The highest BCUT2D eigenvalue weighted by atomic mass is 35.5. The summed E-state index contributed by atoms with van der Waals surface area (Å²) in [6.07, 6.45) is 5.21. The fraction of sp³-hybridized carbons (Fsp3) is 0.273. The molecule has 1 N–H and O–H groups in total. The normalized spacial score (nSPS) is 14.4. The van der Waals surface area contributed by atoms with Crippen LogP contribution in [-0.4, -0.2) is 34.1 Å². The summed E-state index contributed by atoms with van der Waals surface area (Å²) in [7, 11) is 0. The van der Waals surface area contributed by atoms with Crippen LogP contribution in [0.2, 0.25) is 0 Å². The number of pyridine rings is 1. The maximum absolute atomic E-state index is 12.4. The Morgan fingerprint density at radius 3 is 2.54 bits per heavy atom. The van der Waals surface area contributed by atoms with Crippen LogP contribution in [-0.2, 0) is 0 Å². The van der Waals surface area contributed by atoms with Crippen molar-refractivity contribution < 1.29 is 9.53 Å². The van der Waals surface area contributed by atoms with Gasteiger partial charge in [0.2, 0.25) is 0 Å². The summed E-state index contributed by atoms with van der Waals surface area (Å²) in [5.41, 5.74) is 4.56. The van der Waals surface area contributed by atoms with Gasteiger partial charge >= 0.3 is 6.09 Å². The van der Waals surface area contributed by atoms with Crippen LogP contribution >= 0.6 is 12.4 Å². The van der Waals surface area contributed by atoms with E-state index in [-0.39, 0.29) is 18.5 Å². The Labute approximate surface area is 171 Å². The van der Waals surface area contributed by atoms with Crippen LogP contribution in [0.25, 0.3) is 11.1 Å². The van der Waals surface area contributed by atoms with Gasteiger partial charge in [0.1, 0.15) is 0 Å². The monoisotopic (exact) mass is 397 g/mol. The molecule has 146 valence electrons. The van der Waals surface area contributed by atoms with Crippen molar-refractivity contribution in [2.75, 3.05) is 13.1 Å². The van der Waals surface area contributed by atoms with Gasteiger partial charge < -0.3 is 14.6 Å². The van der Waals surface area contributed by atoms with Crippen molar-refractivity contribution in [2.45, 2.75) is 25.7 Å². The maximum Gasteiger partial charge on any atom is 0.415 e. The lowest BCUT2D eigenvalue weighted by molar-refractivity contribution is 0.138. The molecule has 5 nitrogen and oxygen atoms in total. The van der Waals surface area contributed by atoms with Gasteiger partial charge in [0.05, 0.1) is 6.20 Å². The van der Waals surface area contributed by atoms with Gasteiger partial charge in [-0.05, 0) is 49.1 Å². The molecule has 1 fully saturated rings. The van der Waals surface area contributed by atoms with Crippen LogP contribution in [0, 0.1) is 6.92 Å². The zero-order valence-corrected chi connectivity index (χ0v) is 16.6. The molecule has 6 heteroatoms. The number of likely N-dealkylation sites (tertiary alicyclic amines) is 1. The minimum absolute atomic E-state index is 0. The first-order valence-electron chi connectivity index (χ1n) is 9.32. The van der Waals surface area contributed by atoms with E-state index in [2.05, 4.69) is 46.5 Å². The number of halogens is 1. The second-order valence-electron chi connectivity index (χ2n) is 6.97. The molecule has 0 bridgehead atoms. The van der Waals surface area contributed by atoms with Gasteiger partial charge in [-0.3, -0.25) is 4.98 Å². The summed E-state index contributed by atoms with van der Waals surface area (Å²) in [6, 6.07) is 16.2. The number of carbonyl (C=O) groups is 1. The minimum atomic E-state index is -0.296. The summed E-state index contributed by atoms with van der Waals surface area (Å²) in [4.78, 5) is 21.7. The Morgan fingerprint density at radius 1 is 1.11 bits per heavy atom. The van der Waals surface area contributed by atoms with Gasteiger partial charge in [-0.1, -0.05) is 30.3 Å². The molecule has 0 radical (unpaired) electrons. The molecule has 3 heterocycles. The Balaban J connectivity index is 0.00000225. The number of amides is 1. The third-order valence-electron chi connectivity index (χ3n) is 5.09. The van der Waals surface area contributed by atoms with E-state index in [0.717, 1.165) is 18.5 Å². The predicted octanol–water partition coefficient (Wildman–Crippen LogP) is 5.19. The van der Waals surface area contributed by atoms with Crippen molar-refractivity contribution in [1.82, 2.24) is 14.9 Å². The third kappa shape index (κ3) is 4.54. The predicted molar refractivity (Wildman–Crippen MR) is 112 cm³/mol. The molecule has 4 rings (SSSR count). The van der Waals surface area contributed by atoms with Gasteiger partial charge in [-0.2, -0.15) is 0 Å². The largest absolute Gasteiger partial charge is 0.415 e. The van der Waals surface area contributed by atoms with Gasteiger partial charge in [0.15, 0.2) is 5.75 Å². The molecular formula is C22H24ClN3O2. The number of hydrogen-bond donors (Lipinski definition) is 1. The molecule has 3 aromatic rings. The van der Waals surface area contributed by atoms with Crippen LogP contribution in [0.4, 0.5) is 4.79 Å². The second-order valence-corrected chi connectivity index (χ2v) is 6.97. The molecule has 1 aliphatic rings. The van der Waals surface area contributed by atoms with Crippen molar-refractivity contribution in [3.63, 3.8) is 0 Å². The number of nitrogens with zero attached hydrogens (tertiary/aromatic N) is 2. The van der Waals surface area contributed by atoms with Gasteiger partial charge in [-0.15, -0.1) is 12.4 Å². The fourth-order valence-corrected chi connectivity index (χ4v) is 3.50. The molecule has 1 amide bonds. The van der Waals surface area contributed by atoms with E-state index in [9.17, 15) is 4.79 Å². The first-order valence-corrected chi connectivity index (χ1v) is 9.32. The van der Waals surface area contributed by atoms with E-state index in [1.165, 1.54) is 16.8 Å². The molecule has 0 aliphatic carbocycles. The van der Waals surface area contributed by atoms with Gasteiger partial charge in [0, 0.05) is 36.6 Å². The molecular weight excluding hydrogens is 374 g/mol. The summed E-state index contributed by atoms with van der Waals surface area (Å²) < 4.78 is 5.43. The zero-order valence-electron chi connectivity index (χ0n) is 15.8. The molecule has 1 aliphatic heterocycles. The first-order chi connectivity index (χ1) is 13.2. The SMILES string of the molecule is Cc1ccc(OC(=O)N2CCC(c3cc(-c4ccccc4)c[nH]3)CC2)cn1.Cl. The number of H-pyrrole nitrogens is 1. The highest BCUT2D eigenvalue weighted by Crippen LogP contribution is 2.30. The van der Waals surface area contributed by atoms with Crippen molar-refractivity contribution in [2.24, 2.45) is 0 Å². The van der Waals surface area contributed by atoms with Crippen LogP contribution in [0.3, 0.4) is 0 Å². The lowest BCUT2D eigenvalue weighted by atomic mass is 9.93. The van der Waals surface area contributed by atoms with Crippen LogP contribution in [0.1, 0.15) is 30.1 Å². The standard InChI is InChI=1S/C22H23N3O2.ClH/c1-16-7-8-20(15-23-16)27-22(26)25-11-9-18(10-12-25)21-13-19(14-24-21)17-5-3-2-4-6-17;/h2-8,13-15,18,24H,9-12H2,1H3;1H. The molecule has 0 unspecified atom stereocenters.